The second-order valence-electron chi connectivity index (χ2n) is 4.92. The SMILES string of the molecule is CCCNC(Cc1ccc(Br)s1)c1ccc(OCC)cc1. The normalized spacial score (nSPS) is 12.3. The summed E-state index contributed by atoms with van der Waals surface area (Å²) in [5, 5.41) is 3.65. The quantitative estimate of drug-likeness (QED) is 0.692. The molecule has 1 aromatic heterocycles. The van der Waals surface area contributed by atoms with E-state index in [9.17, 15) is 0 Å². The molecule has 0 saturated heterocycles. The molecule has 0 amide bonds. The van der Waals surface area contributed by atoms with Gasteiger partial charge in [0.2, 0.25) is 0 Å². The molecule has 1 atom stereocenters. The standard InChI is InChI=1S/C17H22BrNOS/c1-3-11-19-16(12-15-9-10-17(18)21-15)13-5-7-14(8-6-13)20-4-2/h5-10,16,19H,3-4,11-12H2,1-2H3. The highest BCUT2D eigenvalue weighted by molar-refractivity contribution is 9.11. The van der Waals surface area contributed by atoms with Gasteiger partial charge in [0, 0.05) is 17.3 Å². The summed E-state index contributed by atoms with van der Waals surface area (Å²) in [5.74, 6) is 0.939. The van der Waals surface area contributed by atoms with Gasteiger partial charge in [-0.15, -0.1) is 11.3 Å². The Bertz CT molecular complexity index is 538. The predicted octanol–water partition coefficient (Wildman–Crippen LogP) is 5.19. The predicted molar refractivity (Wildman–Crippen MR) is 94.4 cm³/mol. The van der Waals surface area contributed by atoms with Crippen molar-refractivity contribution in [2.24, 2.45) is 0 Å². The molecule has 0 spiro atoms. The molecule has 1 heterocycles. The molecule has 1 N–H and O–H groups in total. The van der Waals surface area contributed by atoms with Crippen LogP contribution in [-0.2, 0) is 6.42 Å². The first kappa shape index (κ1) is 16.5. The lowest BCUT2D eigenvalue weighted by atomic mass is 10.0. The molecular formula is C17H22BrNOS. The Kier molecular flexibility index (Phi) is 6.74. The van der Waals surface area contributed by atoms with Crippen molar-refractivity contribution >= 4 is 27.3 Å². The topological polar surface area (TPSA) is 21.3 Å². The van der Waals surface area contributed by atoms with Crippen LogP contribution in [0.4, 0.5) is 0 Å². The van der Waals surface area contributed by atoms with Crippen LogP contribution < -0.4 is 10.1 Å². The zero-order chi connectivity index (χ0) is 15.1. The molecule has 0 fully saturated rings. The summed E-state index contributed by atoms with van der Waals surface area (Å²) >= 11 is 5.35. The summed E-state index contributed by atoms with van der Waals surface area (Å²) in [5.41, 5.74) is 1.32. The number of halogens is 1. The van der Waals surface area contributed by atoms with E-state index in [1.807, 2.05) is 18.3 Å². The van der Waals surface area contributed by atoms with Crippen LogP contribution in [0.5, 0.6) is 5.75 Å². The summed E-state index contributed by atoms with van der Waals surface area (Å²) in [4.78, 5) is 1.39. The molecule has 0 aliphatic rings. The average Bonchev–Trinajstić information content (AvgIpc) is 2.90. The number of rotatable bonds is 8. The van der Waals surface area contributed by atoms with Crippen LogP contribution >= 0.6 is 27.3 Å². The first-order valence-electron chi connectivity index (χ1n) is 7.43. The van der Waals surface area contributed by atoms with E-state index in [4.69, 9.17) is 4.74 Å². The highest BCUT2D eigenvalue weighted by Crippen LogP contribution is 2.27. The summed E-state index contributed by atoms with van der Waals surface area (Å²) < 4.78 is 6.71. The zero-order valence-electron chi connectivity index (χ0n) is 12.6. The second-order valence-corrected chi connectivity index (χ2v) is 7.47. The van der Waals surface area contributed by atoms with Crippen LogP contribution in [0.3, 0.4) is 0 Å². The van der Waals surface area contributed by atoms with Crippen LogP contribution in [0.2, 0.25) is 0 Å². The number of ether oxygens (including phenoxy) is 1. The van der Waals surface area contributed by atoms with E-state index in [1.165, 1.54) is 14.2 Å². The van der Waals surface area contributed by atoms with Gasteiger partial charge in [-0.05, 0) is 65.6 Å². The molecule has 1 aromatic carbocycles. The van der Waals surface area contributed by atoms with Crippen molar-refractivity contribution in [3.8, 4) is 5.75 Å². The number of benzene rings is 1. The first-order chi connectivity index (χ1) is 10.2. The molecule has 4 heteroatoms. The third-order valence-corrected chi connectivity index (χ3v) is 4.91. The second kappa shape index (κ2) is 8.57. The van der Waals surface area contributed by atoms with E-state index in [1.54, 1.807) is 0 Å². The van der Waals surface area contributed by atoms with Gasteiger partial charge in [-0.3, -0.25) is 0 Å². The van der Waals surface area contributed by atoms with Crippen molar-refractivity contribution in [1.82, 2.24) is 5.32 Å². The Hall–Kier alpha value is -0.840. The van der Waals surface area contributed by atoms with Crippen molar-refractivity contribution in [2.45, 2.75) is 32.7 Å². The minimum absolute atomic E-state index is 0.353. The van der Waals surface area contributed by atoms with Gasteiger partial charge < -0.3 is 10.1 Å². The lowest BCUT2D eigenvalue weighted by Gasteiger charge is -2.19. The maximum atomic E-state index is 5.52. The molecule has 2 nitrogen and oxygen atoms in total. The Morgan fingerprint density at radius 2 is 1.90 bits per heavy atom. The average molecular weight is 368 g/mol. The van der Waals surface area contributed by atoms with E-state index < -0.39 is 0 Å². The van der Waals surface area contributed by atoms with Gasteiger partial charge in [-0.25, -0.2) is 0 Å². The summed E-state index contributed by atoms with van der Waals surface area (Å²) in [7, 11) is 0. The van der Waals surface area contributed by atoms with Gasteiger partial charge >= 0.3 is 0 Å². The van der Waals surface area contributed by atoms with Gasteiger partial charge in [0.15, 0.2) is 0 Å². The van der Waals surface area contributed by atoms with E-state index in [0.29, 0.717) is 12.6 Å². The summed E-state index contributed by atoms with van der Waals surface area (Å²) in [6, 6.07) is 13.1. The van der Waals surface area contributed by atoms with Crippen molar-refractivity contribution in [3.05, 3.63) is 50.6 Å². The number of hydrogen-bond donors (Lipinski definition) is 1. The molecule has 0 radical (unpaired) electrons. The maximum absolute atomic E-state index is 5.52. The third kappa shape index (κ3) is 5.13. The molecule has 21 heavy (non-hydrogen) atoms. The van der Waals surface area contributed by atoms with E-state index in [-0.39, 0.29) is 0 Å². The van der Waals surface area contributed by atoms with Crippen LogP contribution in [0.1, 0.15) is 36.8 Å². The Morgan fingerprint density at radius 3 is 2.48 bits per heavy atom. The van der Waals surface area contributed by atoms with Gasteiger partial charge in [-0.2, -0.15) is 0 Å². The highest BCUT2D eigenvalue weighted by Gasteiger charge is 2.13. The van der Waals surface area contributed by atoms with Crippen LogP contribution in [0, 0.1) is 0 Å². The fraction of sp³-hybridized carbons (Fsp3) is 0.412. The van der Waals surface area contributed by atoms with Crippen molar-refractivity contribution in [1.29, 1.82) is 0 Å². The lowest BCUT2D eigenvalue weighted by molar-refractivity contribution is 0.340. The van der Waals surface area contributed by atoms with Gasteiger partial charge in [-0.1, -0.05) is 19.1 Å². The molecule has 1 unspecified atom stereocenters. The Balaban J connectivity index is 2.10. The van der Waals surface area contributed by atoms with Crippen LogP contribution in [0.15, 0.2) is 40.2 Å². The number of nitrogens with one attached hydrogen (secondary N) is 1. The Labute approximate surface area is 139 Å². The number of thiophene rings is 1. The molecule has 114 valence electrons. The van der Waals surface area contributed by atoms with Crippen molar-refractivity contribution < 1.29 is 4.74 Å². The summed E-state index contributed by atoms with van der Waals surface area (Å²) in [6.45, 7) is 5.95. The van der Waals surface area contributed by atoms with Crippen molar-refractivity contribution in [2.75, 3.05) is 13.2 Å². The molecular weight excluding hydrogens is 346 g/mol. The molecule has 2 aromatic rings. The van der Waals surface area contributed by atoms with Crippen LogP contribution in [-0.4, -0.2) is 13.2 Å². The number of hydrogen-bond acceptors (Lipinski definition) is 3. The van der Waals surface area contributed by atoms with Gasteiger partial charge in [0.1, 0.15) is 5.75 Å². The smallest absolute Gasteiger partial charge is 0.119 e. The molecule has 2 rings (SSSR count). The van der Waals surface area contributed by atoms with Gasteiger partial charge in [0.25, 0.3) is 0 Å². The van der Waals surface area contributed by atoms with Crippen molar-refractivity contribution in [3.63, 3.8) is 0 Å². The Morgan fingerprint density at radius 1 is 1.14 bits per heavy atom. The van der Waals surface area contributed by atoms with E-state index in [2.05, 4.69) is 64.6 Å². The zero-order valence-corrected chi connectivity index (χ0v) is 15.0. The largest absolute Gasteiger partial charge is 0.494 e. The first-order valence-corrected chi connectivity index (χ1v) is 9.04. The summed E-state index contributed by atoms with van der Waals surface area (Å²) in [6.07, 6.45) is 2.16. The molecule has 0 bridgehead atoms. The minimum Gasteiger partial charge on any atom is -0.494 e. The maximum Gasteiger partial charge on any atom is 0.119 e. The fourth-order valence-electron chi connectivity index (χ4n) is 2.25. The molecule has 0 saturated carbocycles. The van der Waals surface area contributed by atoms with Gasteiger partial charge in [0.05, 0.1) is 10.4 Å². The minimum atomic E-state index is 0.353. The third-order valence-electron chi connectivity index (χ3n) is 3.27. The molecule has 0 aliphatic carbocycles. The van der Waals surface area contributed by atoms with E-state index >= 15 is 0 Å². The highest BCUT2D eigenvalue weighted by atomic mass is 79.9. The fourth-order valence-corrected chi connectivity index (χ4v) is 3.78. The van der Waals surface area contributed by atoms with Crippen LogP contribution in [0.25, 0.3) is 0 Å². The van der Waals surface area contributed by atoms with E-state index in [0.717, 1.165) is 25.1 Å². The molecule has 0 aliphatic heterocycles. The monoisotopic (exact) mass is 367 g/mol. The lowest BCUT2D eigenvalue weighted by Crippen LogP contribution is -2.23.